The SMILES string of the molecule is CCCCC[C@H](O)C=C[C@@H]1[C@H]2CC(CCCCCNCCO)=C[C@H]2C[C@H]1O. The lowest BCUT2D eigenvalue weighted by atomic mass is 9.88. The summed E-state index contributed by atoms with van der Waals surface area (Å²) in [5.74, 6) is 1.25. The second-order valence-corrected chi connectivity index (χ2v) is 8.47. The molecule has 2 aliphatic carbocycles. The molecule has 27 heavy (non-hydrogen) atoms. The van der Waals surface area contributed by atoms with Crippen molar-refractivity contribution in [3.05, 3.63) is 23.8 Å². The number of allylic oxidation sites excluding steroid dienone is 2. The maximum Gasteiger partial charge on any atom is 0.0721 e. The van der Waals surface area contributed by atoms with E-state index in [0.29, 0.717) is 18.4 Å². The summed E-state index contributed by atoms with van der Waals surface area (Å²) in [4.78, 5) is 0. The molecule has 0 saturated heterocycles. The zero-order valence-corrected chi connectivity index (χ0v) is 17.2. The minimum absolute atomic E-state index is 0.201. The molecule has 0 aromatic heterocycles. The minimum atomic E-state index is -0.365. The van der Waals surface area contributed by atoms with Crippen LogP contribution in [0.3, 0.4) is 0 Å². The van der Waals surface area contributed by atoms with E-state index in [0.717, 1.165) is 32.2 Å². The van der Waals surface area contributed by atoms with Gasteiger partial charge in [0, 0.05) is 12.5 Å². The summed E-state index contributed by atoms with van der Waals surface area (Å²) in [6.07, 6.45) is 16.9. The van der Waals surface area contributed by atoms with Crippen molar-refractivity contribution in [2.75, 3.05) is 19.7 Å². The molecule has 1 fully saturated rings. The average Bonchev–Trinajstić information content (AvgIpc) is 3.16. The van der Waals surface area contributed by atoms with E-state index < -0.39 is 0 Å². The van der Waals surface area contributed by atoms with E-state index >= 15 is 0 Å². The van der Waals surface area contributed by atoms with Crippen LogP contribution in [0.15, 0.2) is 23.8 Å². The number of unbranched alkanes of at least 4 members (excludes halogenated alkanes) is 4. The van der Waals surface area contributed by atoms with Gasteiger partial charge in [0.05, 0.1) is 18.8 Å². The Kier molecular flexibility index (Phi) is 10.6. The number of aliphatic hydroxyl groups excluding tert-OH is 3. The lowest BCUT2D eigenvalue weighted by molar-refractivity contribution is 0.139. The van der Waals surface area contributed by atoms with E-state index in [-0.39, 0.29) is 24.7 Å². The van der Waals surface area contributed by atoms with Crippen LogP contribution in [0.25, 0.3) is 0 Å². The lowest BCUT2D eigenvalue weighted by Gasteiger charge is -2.19. The van der Waals surface area contributed by atoms with Crippen LogP contribution in [-0.4, -0.2) is 47.2 Å². The monoisotopic (exact) mass is 379 g/mol. The first kappa shape index (κ1) is 22.6. The lowest BCUT2D eigenvalue weighted by Crippen LogP contribution is -2.19. The Balaban J connectivity index is 1.69. The van der Waals surface area contributed by atoms with E-state index in [9.17, 15) is 10.2 Å². The average molecular weight is 380 g/mol. The molecular formula is C23H41NO3. The van der Waals surface area contributed by atoms with Crippen LogP contribution in [-0.2, 0) is 0 Å². The van der Waals surface area contributed by atoms with Crippen molar-refractivity contribution in [2.45, 2.75) is 83.3 Å². The topological polar surface area (TPSA) is 72.7 Å². The standard InChI is InChI=1S/C23H41NO3/c1-2-3-5-9-20(26)10-11-21-22-16-18(15-19(22)17-23(21)27)8-6-4-7-12-24-13-14-25/h10-11,15,19-27H,2-9,12-14,16-17H2,1H3/t19-,20-,21+,22-,23+/m0/s1. The Bertz CT molecular complexity index is 463. The predicted molar refractivity (Wildman–Crippen MR) is 112 cm³/mol. The molecule has 4 N–H and O–H groups in total. The van der Waals surface area contributed by atoms with Gasteiger partial charge >= 0.3 is 0 Å². The van der Waals surface area contributed by atoms with Crippen LogP contribution in [0.2, 0.25) is 0 Å². The molecule has 0 heterocycles. The number of rotatable bonds is 14. The van der Waals surface area contributed by atoms with E-state index in [2.05, 4.69) is 24.4 Å². The molecule has 0 radical (unpaired) electrons. The number of nitrogens with one attached hydrogen (secondary N) is 1. The molecule has 0 aliphatic heterocycles. The molecule has 0 aromatic rings. The summed E-state index contributed by atoms with van der Waals surface area (Å²) in [7, 11) is 0. The highest BCUT2D eigenvalue weighted by Gasteiger charge is 2.43. The summed E-state index contributed by atoms with van der Waals surface area (Å²) < 4.78 is 0. The molecule has 0 unspecified atom stereocenters. The highest BCUT2D eigenvalue weighted by molar-refractivity contribution is 5.20. The maximum atomic E-state index is 10.4. The first-order valence-corrected chi connectivity index (χ1v) is 11.2. The van der Waals surface area contributed by atoms with Crippen LogP contribution >= 0.6 is 0 Å². The highest BCUT2D eigenvalue weighted by atomic mass is 16.3. The molecule has 1 saturated carbocycles. The Labute approximate surface area is 165 Å². The van der Waals surface area contributed by atoms with Crippen molar-refractivity contribution in [3.63, 3.8) is 0 Å². The van der Waals surface area contributed by atoms with Crippen LogP contribution < -0.4 is 5.32 Å². The van der Waals surface area contributed by atoms with Crippen LogP contribution in [0, 0.1) is 17.8 Å². The summed E-state index contributed by atoms with van der Waals surface area (Å²) in [5.41, 5.74) is 1.57. The second-order valence-electron chi connectivity index (χ2n) is 8.47. The van der Waals surface area contributed by atoms with Crippen molar-refractivity contribution in [1.29, 1.82) is 0 Å². The Morgan fingerprint density at radius 3 is 2.81 bits per heavy atom. The Morgan fingerprint density at radius 1 is 1.19 bits per heavy atom. The first-order valence-electron chi connectivity index (χ1n) is 11.2. The van der Waals surface area contributed by atoms with E-state index in [4.69, 9.17) is 5.11 Å². The van der Waals surface area contributed by atoms with Crippen LogP contribution in [0.5, 0.6) is 0 Å². The molecule has 4 heteroatoms. The summed E-state index contributed by atoms with van der Waals surface area (Å²) in [5, 5.41) is 32.5. The molecule has 4 nitrogen and oxygen atoms in total. The van der Waals surface area contributed by atoms with Gasteiger partial charge in [-0.2, -0.15) is 0 Å². The van der Waals surface area contributed by atoms with E-state index in [1.165, 1.54) is 38.5 Å². The van der Waals surface area contributed by atoms with Crippen molar-refractivity contribution in [2.24, 2.45) is 17.8 Å². The molecule has 0 spiro atoms. The molecule has 156 valence electrons. The largest absolute Gasteiger partial charge is 0.395 e. The molecule has 0 amide bonds. The summed E-state index contributed by atoms with van der Waals surface area (Å²) >= 11 is 0. The number of hydrogen-bond donors (Lipinski definition) is 4. The fourth-order valence-corrected chi connectivity index (χ4v) is 4.73. The van der Waals surface area contributed by atoms with Gasteiger partial charge in [-0.3, -0.25) is 0 Å². The Morgan fingerprint density at radius 2 is 2.04 bits per heavy atom. The second kappa shape index (κ2) is 12.7. The highest BCUT2D eigenvalue weighted by Crippen LogP contribution is 2.48. The van der Waals surface area contributed by atoms with Gasteiger partial charge in [0.15, 0.2) is 0 Å². The summed E-state index contributed by atoms with van der Waals surface area (Å²) in [6, 6.07) is 0. The van der Waals surface area contributed by atoms with Gasteiger partial charge in [0.2, 0.25) is 0 Å². The van der Waals surface area contributed by atoms with Crippen LogP contribution in [0.1, 0.15) is 71.1 Å². The van der Waals surface area contributed by atoms with Gasteiger partial charge in [0.1, 0.15) is 0 Å². The Hall–Kier alpha value is -0.680. The third-order valence-electron chi connectivity index (χ3n) is 6.25. The normalized spacial score (nSPS) is 28.7. The number of hydrogen-bond acceptors (Lipinski definition) is 4. The zero-order valence-electron chi connectivity index (χ0n) is 17.2. The smallest absolute Gasteiger partial charge is 0.0721 e. The van der Waals surface area contributed by atoms with Crippen molar-refractivity contribution < 1.29 is 15.3 Å². The third-order valence-corrected chi connectivity index (χ3v) is 6.25. The number of aliphatic hydroxyl groups is 3. The van der Waals surface area contributed by atoms with Gasteiger partial charge in [0.25, 0.3) is 0 Å². The van der Waals surface area contributed by atoms with Gasteiger partial charge in [-0.25, -0.2) is 0 Å². The van der Waals surface area contributed by atoms with Gasteiger partial charge in [-0.15, -0.1) is 0 Å². The van der Waals surface area contributed by atoms with Crippen LogP contribution in [0.4, 0.5) is 0 Å². The van der Waals surface area contributed by atoms with Crippen molar-refractivity contribution >= 4 is 0 Å². The molecule has 2 rings (SSSR count). The molecule has 0 aromatic carbocycles. The van der Waals surface area contributed by atoms with Gasteiger partial charge in [-0.1, -0.05) is 56.4 Å². The molecule has 5 atom stereocenters. The van der Waals surface area contributed by atoms with Gasteiger partial charge < -0.3 is 20.6 Å². The third kappa shape index (κ3) is 7.69. The maximum absolute atomic E-state index is 10.4. The fourth-order valence-electron chi connectivity index (χ4n) is 4.73. The van der Waals surface area contributed by atoms with Gasteiger partial charge in [-0.05, 0) is 56.9 Å². The molecule has 0 bridgehead atoms. The van der Waals surface area contributed by atoms with E-state index in [1.807, 2.05) is 6.08 Å². The van der Waals surface area contributed by atoms with E-state index in [1.54, 1.807) is 5.57 Å². The minimum Gasteiger partial charge on any atom is -0.395 e. The predicted octanol–water partition coefficient (Wildman–Crippen LogP) is 3.57. The first-order chi connectivity index (χ1) is 13.2. The molecule has 2 aliphatic rings. The van der Waals surface area contributed by atoms with Crippen molar-refractivity contribution in [1.82, 2.24) is 5.32 Å². The van der Waals surface area contributed by atoms with Crippen molar-refractivity contribution in [3.8, 4) is 0 Å². The zero-order chi connectivity index (χ0) is 19.5. The summed E-state index contributed by atoms with van der Waals surface area (Å²) in [6.45, 7) is 4.08. The number of fused-ring (bicyclic) bond motifs is 1. The fraction of sp³-hybridized carbons (Fsp3) is 0.826. The molecular weight excluding hydrogens is 338 g/mol. The quantitative estimate of drug-likeness (QED) is 0.275.